The lowest BCUT2D eigenvalue weighted by Gasteiger charge is -2.16. The maximum absolute atomic E-state index is 8.31. The molecule has 3 nitrogen and oxygen atoms in total. The summed E-state index contributed by atoms with van der Waals surface area (Å²) in [5.74, 6) is 0. The molecule has 26 heavy (non-hydrogen) atoms. The number of aliphatic hydroxyl groups excluding tert-OH is 2. The van der Waals surface area contributed by atoms with Crippen molar-refractivity contribution in [2.24, 2.45) is 5.73 Å². The number of rotatable bonds is 9. The second kappa shape index (κ2) is 13.3. The lowest BCUT2D eigenvalue weighted by atomic mass is 9.97. The van der Waals surface area contributed by atoms with Crippen LogP contribution in [0.15, 0.2) is 18.2 Å². The van der Waals surface area contributed by atoms with E-state index < -0.39 is 5.54 Å². The molecule has 1 aliphatic carbocycles. The first-order chi connectivity index (χ1) is 12.5. The summed E-state index contributed by atoms with van der Waals surface area (Å²) in [5, 5.41) is 16.6. The van der Waals surface area contributed by atoms with Crippen LogP contribution in [0, 0.1) is 0 Å². The molecule has 1 aliphatic rings. The van der Waals surface area contributed by atoms with E-state index >= 15 is 0 Å². The van der Waals surface area contributed by atoms with Crippen molar-refractivity contribution in [3.8, 4) is 0 Å². The minimum atomic E-state index is -0.806. The number of unbranched alkanes of at least 4 members (excludes halogenated alkanes) is 5. The predicted octanol–water partition coefficient (Wildman–Crippen LogP) is 4.55. The first kappa shape index (κ1) is 23.1. The zero-order valence-electron chi connectivity index (χ0n) is 17.1. The molecule has 3 heteroatoms. The number of hydrogen-bond donors (Lipinski definition) is 3. The van der Waals surface area contributed by atoms with Gasteiger partial charge in [-0.3, -0.25) is 0 Å². The Hall–Kier alpha value is -0.900. The third kappa shape index (κ3) is 9.70. The smallest absolute Gasteiger partial charge is 0.0631 e. The summed E-state index contributed by atoms with van der Waals surface area (Å²) in [5.41, 5.74) is 9.27. The fraction of sp³-hybridized carbons (Fsp3) is 0.739. The van der Waals surface area contributed by atoms with E-state index in [9.17, 15) is 0 Å². The van der Waals surface area contributed by atoms with Crippen molar-refractivity contribution < 1.29 is 10.2 Å². The fourth-order valence-electron chi connectivity index (χ4n) is 3.28. The Labute approximate surface area is 161 Å². The Bertz CT molecular complexity index is 479. The Morgan fingerprint density at radius 2 is 1.50 bits per heavy atom. The summed E-state index contributed by atoms with van der Waals surface area (Å²) >= 11 is 0. The summed E-state index contributed by atoms with van der Waals surface area (Å²) < 4.78 is 0. The van der Waals surface area contributed by atoms with Crippen LogP contribution in [0.2, 0.25) is 0 Å². The summed E-state index contributed by atoms with van der Waals surface area (Å²) in [7, 11) is 0. The van der Waals surface area contributed by atoms with E-state index in [1.165, 1.54) is 77.0 Å². The summed E-state index contributed by atoms with van der Waals surface area (Å²) in [6, 6.07) is 7.30. The molecule has 4 N–H and O–H groups in total. The van der Waals surface area contributed by atoms with Crippen LogP contribution in [0.1, 0.15) is 88.3 Å². The standard InChI is InChI=1S/C19H30.C4H11NO2/c1-2-3-4-5-6-8-11-17-14-15-18-12-9-7-10-13-19(18)16-17;1-4(5,2-6)3-7/h14-16H,2-13H2,1H3;6-7H,2-3,5H2,1H3. The van der Waals surface area contributed by atoms with Crippen molar-refractivity contribution in [3.63, 3.8) is 0 Å². The summed E-state index contributed by atoms with van der Waals surface area (Å²) in [4.78, 5) is 0. The van der Waals surface area contributed by atoms with Crippen LogP contribution >= 0.6 is 0 Å². The average Bonchev–Trinajstić information content (AvgIpc) is 2.90. The maximum Gasteiger partial charge on any atom is 0.0631 e. The molecule has 0 fully saturated rings. The van der Waals surface area contributed by atoms with Gasteiger partial charge in [0.2, 0.25) is 0 Å². The van der Waals surface area contributed by atoms with E-state index in [4.69, 9.17) is 15.9 Å². The van der Waals surface area contributed by atoms with Crippen LogP contribution in [-0.2, 0) is 19.3 Å². The minimum absolute atomic E-state index is 0.177. The molecule has 0 spiro atoms. The lowest BCUT2D eigenvalue weighted by molar-refractivity contribution is 0.134. The molecule has 0 aromatic heterocycles. The highest BCUT2D eigenvalue weighted by molar-refractivity contribution is 5.33. The second-order valence-electron chi connectivity index (χ2n) is 8.15. The third-order valence-corrected chi connectivity index (χ3v) is 5.20. The van der Waals surface area contributed by atoms with E-state index in [-0.39, 0.29) is 13.2 Å². The van der Waals surface area contributed by atoms with Gasteiger partial charge in [-0.05, 0) is 62.1 Å². The number of aliphatic hydroxyl groups is 2. The number of aryl methyl sites for hydroxylation is 3. The van der Waals surface area contributed by atoms with Crippen molar-refractivity contribution >= 4 is 0 Å². The van der Waals surface area contributed by atoms with E-state index in [1.807, 2.05) is 0 Å². The van der Waals surface area contributed by atoms with Crippen molar-refractivity contribution in [1.82, 2.24) is 0 Å². The van der Waals surface area contributed by atoms with Gasteiger partial charge in [0.05, 0.1) is 18.8 Å². The minimum Gasteiger partial charge on any atom is -0.394 e. The number of benzene rings is 1. The SMILES string of the molecule is CC(N)(CO)CO.CCCCCCCCc1ccc2c(c1)CCCCC2. The first-order valence-corrected chi connectivity index (χ1v) is 10.6. The molecule has 0 saturated carbocycles. The first-order valence-electron chi connectivity index (χ1n) is 10.6. The fourth-order valence-corrected chi connectivity index (χ4v) is 3.28. The predicted molar refractivity (Wildman–Crippen MR) is 112 cm³/mol. The highest BCUT2D eigenvalue weighted by Crippen LogP contribution is 2.22. The highest BCUT2D eigenvalue weighted by Gasteiger charge is 2.13. The number of hydrogen-bond acceptors (Lipinski definition) is 3. The van der Waals surface area contributed by atoms with Crippen molar-refractivity contribution in [2.75, 3.05) is 13.2 Å². The molecule has 0 bridgehead atoms. The molecule has 2 rings (SSSR count). The molecule has 1 aromatic rings. The Morgan fingerprint density at radius 3 is 2.12 bits per heavy atom. The van der Waals surface area contributed by atoms with Crippen LogP contribution in [0.4, 0.5) is 0 Å². The van der Waals surface area contributed by atoms with Gasteiger partial charge in [-0.1, -0.05) is 63.6 Å². The quantitative estimate of drug-likeness (QED) is 0.445. The van der Waals surface area contributed by atoms with Gasteiger partial charge in [-0.25, -0.2) is 0 Å². The molecule has 0 aliphatic heterocycles. The van der Waals surface area contributed by atoms with Gasteiger partial charge < -0.3 is 15.9 Å². The van der Waals surface area contributed by atoms with Gasteiger partial charge >= 0.3 is 0 Å². The molecule has 0 atom stereocenters. The molecular formula is C23H41NO2. The summed E-state index contributed by atoms with van der Waals surface area (Å²) in [6.07, 6.45) is 16.5. The van der Waals surface area contributed by atoms with E-state index in [2.05, 4.69) is 25.1 Å². The topological polar surface area (TPSA) is 66.5 Å². The van der Waals surface area contributed by atoms with Crippen LogP contribution in [0.3, 0.4) is 0 Å². The van der Waals surface area contributed by atoms with Gasteiger partial charge in [-0.2, -0.15) is 0 Å². The van der Waals surface area contributed by atoms with Crippen molar-refractivity contribution in [3.05, 3.63) is 34.9 Å². The lowest BCUT2D eigenvalue weighted by Crippen LogP contribution is -2.43. The Balaban J connectivity index is 0.000000412. The number of nitrogens with two attached hydrogens (primary N) is 1. The second-order valence-corrected chi connectivity index (χ2v) is 8.15. The normalized spacial score (nSPS) is 14.2. The van der Waals surface area contributed by atoms with Gasteiger partial charge in [-0.15, -0.1) is 0 Å². The van der Waals surface area contributed by atoms with Gasteiger partial charge in [0, 0.05) is 0 Å². The van der Waals surface area contributed by atoms with Gasteiger partial charge in [0.25, 0.3) is 0 Å². The zero-order valence-corrected chi connectivity index (χ0v) is 17.1. The van der Waals surface area contributed by atoms with Crippen molar-refractivity contribution in [1.29, 1.82) is 0 Å². The molecule has 1 aromatic carbocycles. The maximum atomic E-state index is 8.31. The summed E-state index contributed by atoms with van der Waals surface area (Å²) in [6.45, 7) is 3.51. The molecule has 0 amide bonds. The van der Waals surface area contributed by atoms with Gasteiger partial charge in [0.15, 0.2) is 0 Å². The van der Waals surface area contributed by atoms with Crippen LogP contribution in [0.5, 0.6) is 0 Å². The molecular weight excluding hydrogens is 322 g/mol. The van der Waals surface area contributed by atoms with Crippen LogP contribution in [-0.4, -0.2) is 29.0 Å². The Morgan fingerprint density at radius 1 is 0.885 bits per heavy atom. The molecule has 0 radical (unpaired) electrons. The molecule has 0 saturated heterocycles. The monoisotopic (exact) mass is 363 g/mol. The average molecular weight is 364 g/mol. The molecule has 150 valence electrons. The highest BCUT2D eigenvalue weighted by atomic mass is 16.3. The molecule has 0 heterocycles. The zero-order chi connectivity index (χ0) is 19.3. The van der Waals surface area contributed by atoms with Crippen molar-refractivity contribution in [2.45, 2.75) is 96.4 Å². The Kier molecular flexibility index (Phi) is 11.8. The van der Waals surface area contributed by atoms with Crippen LogP contribution in [0.25, 0.3) is 0 Å². The third-order valence-electron chi connectivity index (χ3n) is 5.20. The van der Waals surface area contributed by atoms with E-state index in [0.717, 1.165) is 0 Å². The van der Waals surface area contributed by atoms with Crippen LogP contribution < -0.4 is 5.73 Å². The molecule has 0 unspecified atom stereocenters. The van der Waals surface area contributed by atoms with Gasteiger partial charge in [0.1, 0.15) is 0 Å². The van der Waals surface area contributed by atoms with E-state index in [0.29, 0.717) is 0 Å². The number of fused-ring (bicyclic) bond motifs is 1. The van der Waals surface area contributed by atoms with E-state index in [1.54, 1.807) is 23.6 Å². The largest absolute Gasteiger partial charge is 0.394 e.